The zero-order valence-corrected chi connectivity index (χ0v) is 7.33. The van der Waals surface area contributed by atoms with Crippen LogP contribution in [0.15, 0.2) is 30.3 Å². The minimum atomic E-state index is 0.0985. The summed E-state index contributed by atoms with van der Waals surface area (Å²) in [4.78, 5) is 0. The van der Waals surface area contributed by atoms with E-state index >= 15 is 0 Å². The Bertz CT molecular complexity index is 264. The Labute approximate surface area is 73.0 Å². The molecule has 1 aromatic rings. The van der Waals surface area contributed by atoms with Crippen LogP contribution < -0.4 is 0 Å². The average Bonchev–Trinajstić information content (AvgIpc) is 2.80. The van der Waals surface area contributed by atoms with Gasteiger partial charge in [0, 0.05) is 5.41 Å². The Morgan fingerprint density at radius 3 is 2.42 bits per heavy atom. The molecule has 0 saturated heterocycles. The molecule has 0 aromatic heterocycles. The molecule has 1 N–H and O–H groups in total. The SMILES string of the molecule is CC1CC1(CO)c1ccccc1. The predicted octanol–water partition coefficient (Wildman–Crippen LogP) is 1.96. The molecule has 0 amide bonds. The van der Waals surface area contributed by atoms with Crippen LogP contribution in [0.3, 0.4) is 0 Å². The predicted molar refractivity (Wildman–Crippen MR) is 49.0 cm³/mol. The van der Waals surface area contributed by atoms with Crippen molar-refractivity contribution in [1.29, 1.82) is 0 Å². The third-order valence-corrected chi connectivity index (χ3v) is 3.08. The van der Waals surface area contributed by atoms with Crippen LogP contribution in [0.1, 0.15) is 18.9 Å². The molecular formula is C11H14O. The van der Waals surface area contributed by atoms with Crippen LogP contribution in [0.4, 0.5) is 0 Å². The van der Waals surface area contributed by atoms with Gasteiger partial charge >= 0.3 is 0 Å². The lowest BCUT2D eigenvalue weighted by molar-refractivity contribution is 0.247. The van der Waals surface area contributed by atoms with Gasteiger partial charge in [-0.25, -0.2) is 0 Å². The van der Waals surface area contributed by atoms with Gasteiger partial charge in [0.1, 0.15) is 0 Å². The largest absolute Gasteiger partial charge is 0.395 e. The van der Waals surface area contributed by atoms with Gasteiger partial charge in [0.2, 0.25) is 0 Å². The maximum Gasteiger partial charge on any atom is 0.0530 e. The van der Waals surface area contributed by atoms with Gasteiger partial charge in [0.15, 0.2) is 0 Å². The number of hydrogen-bond donors (Lipinski definition) is 1. The van der Waals surface area contributed by atoms with E-state index in [1.54, 1.807) is 0 Å². The number of aliphatic hydroxyl groups is 1. The van der Waals surface area contributed by atoms with E-state index in [1.807, 2.05) is 18.2 Å². The van der Waals surface area contributed by atoms with Crippen LogP contribution in [0.2, 0.25) is 0 Å². The van der Waals surface area contributed by atoms with Gasteiger partial charge in [-0.15, -0.1) is 0 Å². The van der Waals surface area contributed by atoms with Crippen LogP contribution in [0.5, 0.6) is 0 Å². The summed E-state index contributed by atoms with van der Waals surface area (Å²) in [5.41, 5.74) is 1.39. The van der Waals surface area contributed by atoms with Crippen LogP contribution in [-0.2, 0) is 5.41 Å². The molecule has 1 aliphatic carbocycles. The first-order valence-corrected chi connectivity index (χ1v) is 4.46. The van der Waals surface area contributed by atoms with Crippen molar-refractivity contribution in [2.24, 2.45) is 5.92 Å². The first-order valence-electron chi connectivity index (χ1n) is 4.46. The molecule has 64 valence electrons. The number of aliphatic hydroxyl groups excluding tert-OH is 1. The van der Waals surface area contributed by atoms with Crippen LogP contribution in [-0.4, -0.2) is 11.7 Å². The minimum Gasteiger partial charge on any atom is -0.395 e. The second kappa shape index (κ2) is 2.60. The Morgan fingerprint density at radius 2 is 2.00 bits per heavy atom. The summed E-state index contributed by atoms with van der Waals surface area (Å²) in [5, 5.41) is 9.28. The monoisotopic (exact) mass is 162 g/mol. The Hall–Kier alpha value is -0.820. The normalized spacial score (nSPS) is 33.3. The Kier molecular flexibility index (Phi) is 1.69. The lowest BCUT2D eigenvalue weighted by Gasteiger charge is -2.12. The third kappa shape index (κ3) is 0.969. The summed E-state index contributed by atoms with van der Waals surface area (Å²) in [5.74, 6) is 0.643. The van der Waals surface area contributed by atoms with E-state index < -0.39 is 0 Å². The molecule has 1 saturated carbocycles. The smallest absolute Gasteiger partial charge is 0.0530 e. The summed E-state index contributed by atoms with van der Waals surface area (Å²) in [6.07, 6.45) is 1.13. The molecule has 0 aliphatic heterocycles. The van der Waals surface area contributed by atoms with Crippen molar-refractivity contribution in [3.8, 4) is 0 Å². The van der Waals surface area contributed by atoms with E-state index in [2.05, 4.69) is 19.1 Å². The highest BCUT2D eigenvalue weighted by Crippen LogP contribution is 2.53. The topological polar surface area (TPSA) is 20.2 Å². The summed E-state index contributed by atoms with van der Waals surface area (Å²) >= 11 is 0. The van der Waals surface area contributed by atoms with Gasteiger partial charge in [0.05, 0.1) is 6.61 Å². The standard InChI is InChI=1S/C11H14O/c1-9-7-11(9,8-12)10-5-3-2-4-6-10/h2-6,9,12H,7-8H2,1H3. The molecule has 0 radical (unpaired) electrons. The summed E-state index contributed by atoms with van der Waals surface area (Å²) < 4.78 is 0. The van der Waals surface area contributed by atoms with E-state index in [0.29, 0.717) is 5.92 Å². The van der Waals surface area contributed by atoms with Crippen LogP contribution in [0.25, 0.3) is 0 Å². The molecule has 1 fully saturated rings. The highest BCUT2D eigenvalue weighted by molar-refractivity contribution is 5.33. The third-order valence-electron chi connectivity index (χ3n) is 3.08. The molecule has 1 aliphatic rings. The molecule has 2 atom stereocenters. The minimum absolute atomic E-state index is 0.0985. The Balaban J connectivity index is 2.31. The van der Waals surface area contributed by atoms with E-state index in [-0.39, 0.29) is 12.0 Å². The van der Waals surface area contributed by atoms with E-state index in [1.165, 1.54) is 5.56 Å². The van der Waals surface area contributed by atoms with E-state index in [0.717, 1.165) is 6.42 Å². The quantitative estimate of drug-likeness (QED) is 0.704. The lowest BCUT2D eigenvalue weighted by Crippen LogP contribution is -2.14. The van der Waals surface area contributed by atoms with Gasteiger partial charge in [-0.1, -0.05) is 37.3 Å². The number of hydrogen-bond acceptors (Lipinski definition) is 1. The van der Waals surface area contributed by atoms with Crippen LogP contribution >= 0.6 is 0 Å². The molecule has 1 heteroatoms. The maximum atomic E-state index is 9.28. The molecule has 12 heavy (non-hydrogen) atoms. The molecular weight excluding hydrogens is 148 g/mol. The number of benzene rings is 1. The van der Waals surface area contributed by atoms with Gasteiger partial charge in [-0.05, 0) is 17.9 Å². The second-order valence-corrected chi connectivity index (χ2v) is 3.79. The molecule has 1 aromatic carbocycles. The Morgan fingerprint density at radius 1 is 1.42 bits per heavy atom. The second-order valence-electron chi connectivity index (χ2n) is 3.79. The lowest BCUT2D eigenvalue weighted by atomic mass is 9.95. The highest BCUT2D eigenvalue weighted by atomic mass is 16.3. The molecule has 1 nitrogen and oxygen atoms in total. The molecule has 0 heterocycles. The van der Waals surface area contributed by atoms with E-state index in [4.69, 9.17) is 0 Å². The fourth-order valence-corrected chi connectivity index (χ4v) is 1.97. The zero-order chi connectivity index (χ0) is 8.60. The first kappa shape index (κ1) is 7.81. The number of rotatable bonds is 2. The fourth-order valence-electron chi connectivity index (χ4n) is 1.97. The fraction of sp³-hybridized carbons (Fsp3) is 0.455. The summed E-state index contributed by atoms with van der Waals surface area (Å²) in [6.45, 7) is 2.49. The van der Waals surface area contributed by atoms with Gasteiger partial charge in [0.25, 0.3) is 0 Å². The van der Waals surface area contributed by atoms with Crippen molar-refractivity contribution in [2.75, 3.05) is 6.61 Å². The van der Waals surface area contributed by atoms with Gasteiger partial charge in [-0.3, -0.25) is 0 Å². The van der Waals surface area contributed by atoms with Gasteiger partial charge in [-0.2, -0.15) is 0 Å². The average molecular weight is 162 g/mol. The molecule has 2 unspecified atom stereocenters. The van der Waals surface area contributed by atoms with Crippen molar-refractivity contribution >= 4 is 0 Å². The van der Waals surface area contributed by atoms with E-state index in [9.17, 15) is 5.11 Å². The first-order chi connectivity index (χ1) is 5.79. The van der Waals surface area contributed by atoms with Crippen molar-refractivity contribution in [3.05, 3.63) is 35.9 Å². The zero-order valence-electron chi connectivity index (χ0n) is 7.33. The highest BCUT2D eigenvalue weighted by Gasteiger charge is 2.51. The molecule has 0 bridgehead atoms. The summed E-state index contributed by atoms with van der Waals surface area (Å²) in [7, 11) is 0. The van der Waals surface area contributed by atoms with Gasteiger partial charge < -0.3 is 5.11 Å². The maximum absolute atomic E-state index is 9.28. The van der Waals surface area contributed by atoms with Crippen molar-refractivity contribution < 1.29 is 5.11 Å². The van der Waals surface area contributed by atoms with Crippen molar-refractivity contribution in [2.45, 2.75) is 18.8 Å². The molecule has 2 rings (SSSR count). The molecule has 0 spiro atoms. The van der Waals surface area contributed by atoms with Crippen LogP contribution in [0, 0.1) is 5.92 Å². The van der Waals surface area contributed by atoms with Crippen molar-refractivity contribution in [3.63, 3.8) is 0 Å². The van der Waals surface area contributed by atoms with Crippen molar-refractivity contribution in [1.82, 2.24) is 0 Å². The summed E-state index contributed by atoms with van der Waals surface area (Å²) in [6, 6.07) is 10.3.